The molecule has 3 unspecified atom stereocenters. The third-order valence-electron chi connectivity index (χ3n) is 4.07. The van der Waals surface area contributed by atoms with Crippen molar-refractivity contribution < 1.29 is 4.74 Å². The molecule has 0 radical (unpaired) electrons. The summed E-state index contributed by atoms with van der Waals surface area (Å²) in [5.74, 6) is 0. The Morgan fingerprint density at radius 3 is 2.79 bits per heavy atom. The first-order valence-electron chi connectivity index (χ1n) is 7.20. The fourth-order valence-electron chi connectivity index (χ4n) is 2.78. The lowest BCUT2D eigenvalue weighted by molar-refractivity contribution is -0.0519. The van der Waals surface area contributed by atoms with E-state index >= 15 is 0 Å². The minimum Gasteiger partial charge on any atom is -0.376 e. The van der Waals surface area contributed by atoms with Crippen molar-refractivity contribution in [3.8, 4) is 0 Å². The van der Waals surface area contributed by atoms with Gasteiger partial charge in [0.15, 0.2) is 0 Å². The second-order valence-electron chi connectivity index (χ2n) is 5.64. The van der Waals surface area contributed by atoms with Gasteiger partial charge in [0.1, 0.15) is 0 Å². The second kappa shape index (κ2) is 6.51. The lowest BCUT2D eigenvalue weighted by atomic mass is 10.00. The van der Waals surface area contributed by atoms with Crippen LogP contribution in [0.15, 0.2) is 24.3 Å². The van der Waals surface area contributed by atoms with E-state index in [4.69, 9.17) is 4.74 Å². The molecule has 3 heteroatoms. The first-order valence-corrected chi connectivity index (χ1v) is 7.20. The molecular weight excluding hydrogens is 236 g/mol. The molecule has 0 bridgehead atoms. The van der Waals surface area contributed by atoms with Gasteiger partial charge in [-0.3, -0.25) is 4.90 Å². The first-order chi connectivity index (χ1) is 9.11. The quantitative estimate of drug-likeness (QED) is 0.901. The summed E-state index contributed by atoms with van der Waals surface area (Å²) in [5, 5.41) is 3.46. The van der Waals surface area contributed by atoms with Crippen LogP contribution in [0.4, 0.5) is 0 Å². The molecule has 0 aliphatic carbocycles. The van der Waals surface area contributed by atoms with E-state index in [1.165, 1.54) is 11.1 Å². The highest BCUT2D eigenvalue weighted by molar-refractivity contribution is 5.29. The number of ether oxygens (including phenoxy) is 1. The zero-order chi connectivity index (χ0) is 13.8. The summed E-state index contributed by atoms with van der Waals surface area (Å²) in [4.78, 5) is 2.53. The second-order valence-corrected chi connectivity index (χ2v) is 5.64. The van der Waals surface area contributed by atoms with Gasteiger partial charge in [-0.05, 0) is 38.9 Å². The molecule has 1 aromatic carbocycles. The highest BCUT2D eigenvalue weighted by atomic mass is 16.5. The van der Waals surface area contributed by atoms with Gasteiger partial charge in [-0.2, -0.15) is 0 Å². The van der Waals surface area contributed by atoms with Gasteiger partial charge in [0.2, 0.25) is 0 Å². The number of rotatable bonds is 4. The molecular formula is C16H26N2O. The molecule has 1 aliphatic heterocycles. The Morgan fingerprint density at radius 1 is 1.37 bits per heavy atom. The van der Waals surface area contributed by atoms with E-state index in [-0.39, 0.29) is 0 Å². The molecule has 1 heterocycles. The summed E-state index contributed by atoms with van der Waals surface area (Å²) in [6.45, 7) is 9.48. The van der Waals surface area contributed by atoms with Crippen LogP contribution in [-0.4, -0.2) is 43.8 Å². The Morgan fingerprint density at radius 2 is 2.11 bits per heavy atom. The van der Waals surface area contributed by atoms with Crippen molar-refractivity contribution in [2.75, 3.05) is 26.7 Å². The maximum atomic E-state index is 5.70. The van der Waals surface area contributed by atoms with Crippen molar-refractivity contribution in [3.05, 3.63) is 35.4 Å². The van der Waals surface area contributed by atoms with Crippen molar-refractivity contribution in [3.63, 3.8) is 0 Å². The van der Waals surface area contributed by atoms with Crippen LogP contribution in [0.1, 0.15) is 31.0 Å². The van der Waals surface area contributed by atoms with Crippen molar-refractivity contribution in [1.82, 2.24) is 10.2 Å². The van der Waals surface area contributed by atoms with Gasteiger partial charge >= 0.3 is 0 Å². The number of hydrogen-bond acceptors (Lipinski definition) is 3. The van der Waals surface area contributed by atoms with Crippen molar-refractivity contribution in [1.29, 1.82) is 0 Å². The molecule has 1 aromatic rings. The van der Waals surface area contributed by atoms with Crippen LogP contribution < -0.4 is 5.32 Å². The molecule has 3 atom stereocenters. The SMILES string of the molecule is CNC(CN1CC(C)OCC1C)c1ccccc1C. The number of hydrogen-bond donors (Lipinski definition) is 1. The maximum Gasteiger partial charge on any atom is 0.0674 e. The van der Waals surface area contributed by atoms with Crippen LogP contribution in [0.2, 0.25) is 0 Å². The number of likely N-dealkylation sites (N-methyl/N-ethyl adjacent to an activating group) is 1. The van der Waals surface area contributed by atoms with Gasteiger partial charge in [-0.1, -0.05) is 24.3 Å². The Labute approximate surface area is 116 Å². The van der Waals surface area contributed by atoms with E-state index in [1.807, 2.05) is 7.05 Å². The molecule has 1 saturated heterocycles. The highest BCUT2D eigenvalue weighted by Crippen LogP contribution is 2.21. The molecule has 1 fully saturated rings. The zero-order valence-electron chi connectivity index (χ0n) is 12.5. The van der Waals surface area contributed by atoms with Crippen molar-refractivity contribution in [2.45, 2.75) is 39.0 Å². The van der Waals surface area contributed by atoms with E-state index in [1.54, 1.807) is 0 Å². The molecule has 2 rings (SSSR count). The lowest BCUT2D eigenvalue weighted by Gasteiger charge is -2.39. The Kier molecular flexibility index (Phi) is 4.97. The molecule has 0 spiro atoms. The third-order valence-corrected chi connectivity index (χ3v) is 4.07. The summed E-state index contributed by atoms with van der Waals surface area (Å²) in [5.41, 5.74) is 2.76. The van der Waals surface area contributed by atoms with E-state index in [9.17, 15) is 0 Å². The standard InChI is InChI=1S/C16H26N2O/c1-12-7-5-6-8-15(12)16(17-4)10-18-9-14(3)19-11-13(18)2/h5-8,13-14,16-17H,9-11H2,1-4H3. The largest absolute Gasteiger partial charge is 0.376 e. The first kappa shape index (κ1) is 14.5. The van der Waals surface area contributed by atoms with Crippen LogP contribution in [0.25, 0.3) is 0 Å². The number of aryl methyl sites for hydroxylation is 1. The predicted octanol–water partition coefficient (Wildman–Crippen LogP) is 2.36. The molecule has 106 valence electrons. The van der Waals surface area contributed by atoms with E-state index in [0.717, 1.165) is 19.7 Å². The molecule has 1 N–H and O–H groups in total. The molecule has 0 aromatic heterocycles. The van der Waals surface area contributed by atoms with E-state index in [2.05, 4.69) is 55.3 Å². The Hall–Kier alpha value is -0.900. The molecule has 0 amide bonds. The van der Waals surface area contributed by atoms with Crippen LogP contribution >= 0.6 is 0 Å². The molecule has 0 saturated carbocycles. The zero-order valence-corrected chi connectivity index (χ0v) is 12.5. The smallest absolute Gasteiger partial charge is 0.0674 e. The summed E-state index contributed by atoms with van der Waals surface area (Å²) in [6.07, 6.45) is 0.338. The normalized spacial score (nSPS) is 26.3. The van der Waals surface area contributed by atoms with Gasteiger partial charge in [0.05, 0.1) is 12.7 Å². The van der Waals surface area contributed by atoms with Gasteiger partial charge in [-0.15, -0.1) is 0 Å². The van der Waals surface area contributed by atoms with Crippen LogP contribution in [0, 0.1) is 6.92 Å². The highest BCUT2D eigenvalue weighted by Gasteiger charge is 2.26. The summed E-state index contributed by atoms with van der Waals surface area (Å²) >= 11 is 0. The molecule has 3 nitrogen and oxygen atoms in total. The minimum absolute atomic E-state index is 0.338. The fraction of sp³-hybridized carbons (Fsp3) is 0.625. The monoisotopic (exact) mass is 262 g/mol. The van der Waals surface area contributed by atoms with Gasteiger partial charge in [-0.25, -0.2) is 0 Å². The van der Waals surface area contributed by atoms with E-state index < -0.39 is 0 Å². The van der Waals surface area contributed by atoms with Crippen LogP contribution in [0.5, 0.6) is 0 Å². The summed E-state index contributed by atoms with van der Waals surface area (Å²) in [7, 11) is 2.05. The molecule has 1 aliphatic rings. The maximum absolute atomic E-state index is 5.70. The van der Waals surface area contributed by atoms with Gasteiger partial charge in [0, 0.05) is 25.2 Å². The van der Waals surface area contributed by atoms with Gasteiger partial charge < -0.3 is 10.1 Å². The lowest BCUT2D eigenvalue weighted by Crippen LogP contribution is -2.49. The minimum atomic E-state index is 0.338. The summed E-state index contributed by atoms with van der Waals surface area (Å²) < 4.78 is 5.70. The molecule has 19 heavy (non-hydrogen) atoms. The number of benzene rings is 1. The topological polar surface area (TPSA) is 24.5 Å². The van der Waals surface area contributed by atoms with Crippen molar-refractivity contribution in [2.24, 2.45) is 0 Å². The number of nitrogens with zero attached hydrogens (tertiary/aromatic N) is 1. The van der Waals surface area contributed by atoms with E-state index in [0.29, 0.717) is 18.2 Å². The van der Waals surface area contributed by atoms with Gasteiger partial charge in [0.25, 0.3) is 0 Å². The third kappa shape index (κ3) is 3.56. The van der Waals surface area contributed by atoms with Crippen LogP contribution in [0.3, 0.4) is 0 Å². The fourth-order valence-corrected chi connectivity index (χ4v) is 2.78. The predicted molar refractivity (Wildman–Crippen MR) is 79.4 cm³/mol. The average Bonchev–Trinajstić information content (AvgIpc) is 2.41. The number of nitrogens with one attached hydrogen (secondary N) is 1. The Bertz CT molecular complexity index is 407. The Balaban J connectivity index is 2.08. The average molecular weight is 262 g/mol. The number of morpholine rings is 1. The summed E-state index contributed by atoms with van der Waals surface area (Å²) in [6, 6.07) is 9.52. The van der Waals surface area contributed by atoms with Crippen LogP contribution in [-0.2, 0) is 4.74 Å². The van der Waals surface area contributed by atoms with Crippen molar-refractivity contribution >= 4 is 0 Å².